The third kappa shape index (κ3) is 3.33. The van der Waals surface area contributed by atoms with Gasteiger partial charge in [-0.3, -0.25) is 9.69 Å². The second kappa shape index (κ2) is 6.30. The predicted octanol–water partition coefficient (Wildman–Crippen LogP) is 0.506. The van der Waals surface area contributed by atoms with Crippen LogP contribution in [0, 0.1) is 5.82 Å². The first-order chi connectivity index (χ1) is 9.51. The number of aliphatic hydroxyl groups excluding tert-OH is 1. The summed E-state index contributed by atoms with van der Waals surface area (Å²) in [7, 11) is 0. The van der Waals surface area contributed by atoms with Crippen molar-refractivity contribution in [2.45, 2.75) is 25.6 Å². The van der Waals surface area contributed by atoms with Crippen molar-refractivity contribution < 1.29 is 19.0 Å². The van der Waals surface area contributed by atoms with Crippen molar-refractivity contribution in [2.24, 2.45) is 5.73 Å². The number of aliphatic hydroxyl groups is 1. The molecule has 1 heterocycles. The lowest BCUT2D eigenvalue weighted by Gasteiger charge is -2.37. The molecule has 1 aromatic rings. The number of ether oxygens (including phenoxy) is 1. The highest BCUT2D eigenvalue weighted by Gasteiger charge is 2.26. The van der Waals surface area contributed by atoms with Gasteiger partial charge in [0.05, 0.1) is 19.3 Å². The van der Waals surface area contributed by atoms with Crippen molar-refractivity contribution in [1.29, 1.82) is 0 Å². The van der Waals surface area contributed by atoms with Crippen LogP contribution in [0.25, 0.3) is 0 Å². The van der Waals surface area contributed by atoms with Crippen LogP contribution in [0.2, 0.25) is 0 Å². The zero-order valence-electron chi connectivity index (χ0n) is 11.4. The van der Waals surface area contributed by atoms with Crippen LogP contribution < -0.4 is 5.73 Å². The number of hydrogen-bond acceptors (Lipinski definition) is 4. The fourth-order valence-corrected chi connectivity index (χ4v) is 2.25. The Morgan fingerprint density at radius 1 is 1.60 bits per heavy atom. The minimum atomic E-state index is -0.643. The molecule has 2 atom stereocenters. The molecule has 0 radical (unpaired) electrons. The third-order valence-electron chi connectivity index (χ3n) is 3.55. The van der Waals surface area contributed by atoms with Crippen molar-refractivity contribution in [1.82, 2.24) is 4.90 Å². The number of amides is 1. The van der Waals surface area contributed by atoms with E-state index in [9.17, 15) is 9.18 Å². The van der Waals surface area contributed by atoms with Crippen molar-refractivity contribution in [3.8, 4) is 0 Å². The molecule has 1 saturated heterocycles. The van der Waals surface area contributed by atoms with E-state index < -0.39 is 11.7 Å². The Hall–Kier alpha value is -1.50. The maximum absolute atomic E-state index is 14.0. The molecule has 1 aromatic carbocycles. The van der Waals surface area contributed by atoms with E-state index in [1.54, 1.807) is 6.07 Å². The fourth-order valence-electron chi connectivity index (χ4n) is 2.25. The van der Waals surface area contributed by atoms with Gasteiger partial charge in [-0.25, -0.2) is 4.39 Å². The molecule has 1 aliphatic heterocycles. The lowest BCUT2D eigenvalue weighted by atomic mass is 10.1. The summed E-state index contributed by atoms with van der Waals surface area (Å²) in [5.41, 5.74) is 5.78. The maximum Gasteiger partial charge on any atom is 0.248 e. The summed E-state index contributed by atoms with van der Waals surface area (Å²) in [5, 5.41) is 9.14. The molecule has 110 valence electrons. The van der Waals surface area contributed by atoms with E-state index in [0.29, 0.717) is 25.3 Å². The molecular weight excluding hydrogens is 263 g/mol. The first-order valence-corrected chi connectivity index (χ1v) is 6.56. The van der Waals surface area contributed by atoms with Gasteiger partial charge >= 0.3 is 0 Å². The molecule has 0 spiro atoms. The van der Waals surface area contributed by atoms with Crippen LogP contribution in [0.1, 0.15) is 22.8 Å². The molecule has 2 rings (SSSR count). The van der Waals surface area contributed by atoms with Gasteiger partial charge in [0.1, 0.15) is 5.82 Å². The Morgan fingerprint density at radius 2 is 2.35 bits per heavy atom. The summed E-state index contributed by atoms with van der Waals surface area (Å²) in [6.45, 7) is 3.41. The van der Waals surface area contributed by atoms with E-state index >= 15 is 0 Å². The molecule has 1 aliphatic rings. The number of hydrogen-bond donors (Lipinski definition) is 2. The van der Waals surface area contributed by atoms with Gasteiger partial charge in [-0.1, -0.05) is 6.07 Å². The molecule has 1 amide bonds. The molecule has 2 unspecified atom stereocenters. The Morgan fingerprint density at radius 3 is 2.95 bits per heavy atom. The number of nitrogens with zero attached hydrogens (tertiary/aromatic N) is 1. The first-order valence-electron chi connectivity index (χ1n) is 6.56. The molecule has 0 saturated carbocycles. The number of rotatable bonds is 4. The predicted molar refractivity (Wildman–Crippen MR) is 71.6 cm³/mol. The van der Waals surface area contributed by atoms with Crippen LogP contribution >= 0.6 is 0 Å². The van der Waals surface area contributed by atoms with Gasteiger partial charge in [0.25, 0.3) is 0 Å². The molecule has 3 N–H and O–H groups in total. The minimum absolute atomic E-state index is 0.0493. The molecule has 6 heteroatoms. The summed E-state index contributed by atoms with van der Waals surface area (Å²) in [6, 6.07) is 4.40. The molecule has 0 bridgehead atoms. The number of benzene rings is 1. The van der Waals surface area contributed by atoms with Gasteiger partial charge in [0.2, 0.25) is 5.91 Å². The van der Waals surface area contributed by atoms with Crippen LogP contribution in [0.4, 0.5) is 4.39 Å². The van der Waals surface area contributed by atoms with Crippen LogP contribution in [-0.4, -0.2) is 47.8 Å². The van der Waals surface area contributed by atoms with Gasteiger partial charge in [-0.2, -0.15) is 0 Å². The highest BCUT2D eigenvalue weighted by Crippen LogP contribution is 2.18. The van der Waals surface area contributed by atoms with Crippen LogP contribution in [0.3, 0.4) is 0 Å². The lowest BCUT2D eigenvalue weighted by Crippen LogP contribution is -2.48. The lowest BCUT2D eigenvalue weighted by molar-refractivity contribution is -0.0807. The van der Waals surface area contributed by atoms with Gasteiger partial charge < -0.3 is 15.6 Å². The molecular formula is C14H19FN2O3. The number of primary amides is 1. The van der Waals surface area contributed by atoms with E-state index in [2.05, 4.69) is 0 Å². The molecule has 1 fully saturated rings. The van der Waals surface area contributed by atoms with Crippen molar-refractivity contribution >= 4 is 5.91 Å². The van der Waals surface area contributed by atoms with Crippen molar-refractivity contribution in [3.63, 3.8) is 0 Å². The van der Waals surface area contributed by atoms with Gasteiger partial charge in [0, 0.05) is 30.3 Å². The number of halogens is 1. The zero-order chi connectivity index (χ0) is 14.7. The minimum Gasteiger partial charge on any atom is -0.394 e. The number of nitrogens with two attached hydrogens (primary N) is 1. The van der Waals surface area contributed by atoms with E-state index in [-0.39, 0.29) is 24.3 Å². The SMILES string of the molecule is CC1COC(CO)CN1Cc1ccc(C(N)=O)cc1F. The van der Waals surface area contributed by atoms with E-state index in [4.69, 9.17) is 15.6 Å². The van der Waals surface area contributed by atoms with Crippen molar-refractivity contribution in [3.05, 3.63) is 35.1 Å². The summed E-state index contributed by atoms with van der Waals surface area (Å²) < 4.78 is 19.4. The zero-order valence-corrected chi connectivity index (χ0v) is 11.4. The number of carbonyl (C=O) groups excluding carboxylic acids is 1. The topological polar surface area (TPSA) is 75.8 Å². The average Bonchev–Trinajstić information content (AvgIpc) is 2.43. The normalized spacial score (nSPS) is 23.8. The average molecular weight is 282 g/mol. The van der Waals surface area contributed by atoms with E-state index in [1.165, 1.54) is 6.07 Å². The van der Waals surface area contributed by atoms with Gasteiger partial charge in [-0.05, 0) is 19.1 Å². The number of carbonyl (C=O) groups is 1. The number of morpholine rings is 1. The fraction of sp³-hybridized carbons (Fsp3) is 0.500. The highest BCUT2D eigenvalue weighted by atomic mass is 19.1. The summed E-state index contributed by atoms with van der Waals surface area (Å²) in [5.74, 6) is -1.09. The Balaban J connectivity index is 2.10. The third-order valence-corrected chi connectivity index (χ3v) is 3.55. The molecule has 20 heavy (non-hydrogen) atoms. The Bertz CT molecular complexity index is 495. The molecule has 0 aliphatic carbocycles. The standard InChI is InChI=1S/C14H19FN2O3/c1-9-8-20-12(7-18)6-17(9)5-11-3-2-10(14(16)19)4-13(11)15/h2-4,9,12,18H,5-8H2,1H3,(H2,16,19). The largest absolute Gasteiger partial charge is 0.394 e. The Kier molecular flexibility index (Phi) is 4.69. The molecule has 5 nitrogen and oxygen atoms in total. The summed E-state index contributed by atoms with van der Waals surface area (Å²) >= 11 is 0. The maximum atomic E-state index is 14.0. The van der Waals surface area contributed by atoms with E-state index in [1.807, 2.05) is 11.8 Å². The second-order valence-corrected chi connectivity index (χ2v) is 5.09. The summed E-state index contributed by atoms with van der Waals surface area (Å²) in [4.78, 5) is 13.0. The Labute approximate surface area is 117 Å². The highest BCUT2D eigenvalue weighted by molar-refractivity contribution is 5.92. The quantitative estimate of drug-likeness (QED) is 0.843. The van der Waals surface area contributed by atoms with Gasteiger partial charge in [-0.15, -0.1) is 0 Å². The van der Waals surface area contributed by atoms with Gasteiger partial charge in [0.15, 0.2) is 0 Å². The van der Waals surface area contributed by atoms with Crippen LogP contribution in [0.15, 0.2) is 18.2 Å². The molecule has 0 aromatic heterocycles. The second-order valence-electron chi connectivity index (χ2n) is 5.09. The monoisotopic (exact) mass is 282 g/mol. The summed E-state index contributed by atoms with van der Waals surface area (Å²) in [6.07, 6.45) is -0.237. The van der Waals surface area contributed by atoms with Crippen LogP contribution in [-0.2, 0) is 11.3 Å². The smallest absolute Gasteiger partial charge is 0.248 e. The van der Waals surface area contributed by atoms with E-state index in [0.717, 1.165) is 6.07 Å². The van der Waals surface area contributed by atoms with Crippen LogP contribution in [0.5, 0.6) is 0 Å². The van der Waals surface area contributed by atoms with Crippen molar-refractivity contribution in [2.75, 3.05) is 19.8 Å². The first kappa shape index (κ1) is 14.9.